The van der Waals surface area contributed by atoms with Crippen LogP contribution in [0.5, 0.6) is 5.75 Å². The Kier molecular flexibility index (Phi) is 4.26. The van der Waals surface area contributed by atoms with E-state index >= 15 is 0 Å². The number of rotatable bonds is 3. The van der Waals surface area contributed by atoms with E-state index in [1.807, 2.05) is 13.8 Å². The number of nitrogens with two attached hydrogens (primary N) is 1. The fourth-order valence-electron chi connectivity index (χ4n) is 1.64. The van der Waals surface area contributed by atoms with Gasteiger partial charge in [0.1, 0.15) is 5.75 Å². The van der Waals surface area contributed by atoms with Gasteiger partial charge >= 0.3 is 0 Å². The van der Waals surface area contributed by atoms with Crippen LogP contribution in [0.3, 0.4) is 0 Å². The average Bonchev–Trinajstić information content (AvgIpc) is 2.24. The Morgan fingerprint density at radius 3 is 2.20 bits per heavy atom. The van der Waals surface area contributed by atoms with Crippen LogP contribution in [0.25, 0.3) is 0 Å². The van der Waals surface area contributed by atoms with Gasteiger partial charge in [-0.25, -0.2) is 0 Å². The van der Waals surface area contributed by atoms with Gasteiger partial charge in [0, 0.05) is 10.6 Å². The topological polar surface area (TPSA) is 35.2 Å². The Bertz CT molecular complexity index is 378. The normalized spacial score (nSPS) is 10.5. The molecule has 0 bridgehead atoms. The molecule has 0 heterocycles. The van der Waals surface area contributed by atoms with Gasteiger partial charge in [0.2, 0.25) is 0 Å². The highest BCUT2D eigenvalue weighted by Crippen LogP contribution is 2.39. The zero-order valence-corrected chi connectivity index (χ0v) is 10.7. The monoisotopic (exact) mass is 247 g/mol. The van der Waals surface area contributed by atoms with Crippen LogP contribution in [-0.4, -0.2) is 13.7 Å². The lowest BCUT2D eigenvalue weighted by Crippen LogP contribution is -2.07. The molecule has 0 aromatic heterocycles. The Morgan fingerprint density at radius 1 is 1.13 bits per heavy atom. The van der Waals surface area contributed by atoms with Crippen LogP contribution in [0.15, 0.2) is 0 Å². The SMILES string of the molecule is COc1c(Cl)c(C)c(Cl)c(C)c1CCN. The third-order valence-corrected chi connectivity index (χ3v) is 3.53. The first kappa shape index (κ1) is 12.6. The van der Waals surface area contributed by atoms with E-state index in [4.69, 9.17) is 33.7 Å². The van der Waals surface area contributed by atoms with E-state index in [1.165, 1.54) is 0 Å². The van der Waals surface area contributed by atoms with E-state index in [0.717, 1.165) is 16.7 Å². The number of hydrogen-bond donors (Lipinski definition) is 1. The second kappa shape index (κ2) is 5.06. The second-order valence-corrected chi connectivity index (χ2v) is 4.18. The van der Waals surface area contributed by atoms with Crippen LogP contribution in [0.1, 0.15) is 16.7 Å². The standard InChI is InChI=1S/C11H15Cl2NO/c1-6-8(4-5-14)11(15-3)10(13)7(2)9(6)12/h4-5,14H2,1-3H3. The summed E-state index contributed by atoms with van der Waals surface area (Å²) >= 11 is 12.3. The largest absolute Gasteiger partial charge is 0.495 e. The summed E-state index contributed by atoms with van der Waals surface area (Å²) in [4.78, 5) is 0. The molecule has 1 aromatic carbocycles. The minimum atomic E-state index is 0.549. The lowest BCUT2D eigenvalue weighted by Gasteiger charge is -2.16. The van der Waals surface area contributed by atoms with Crippen molar-refractivity contribution in [3.05, 3.63) is 26.7 Å². The van der Waals surface area contributed by atoms with E-state index in [0.29, 0.717) is 28.8 Å². The minimum absolute atomic E-state index is 0.549. The maximum Gasteiger partial charge on any atom is 0.141 e. The van der Waals surface area contributed by atoms with E-state index in [1.54, 1.807) is 7.11 Å². The quantitative estimate of drug-likeness (QED) is 0.891. The fraction of sp³-hybridized carbons (Fsp3) is 0.455. The molecule has 0 saturated heterocycles. The van der Waals surface area contributed by atoms with Crippen molar-refractivity contribution in [3.8, 4) is 5.75 Å². The molecule has 0 atom stereocenters. The van der Waals surface area contributed by atoms with Gasteiger partial charge in [0.05, 0.1) is 12.1 Å². The Balaban J connectivity index is 3.47. The molecule has 0 radical (unpaired) electrons. The van der Waals surface area contributed by atoms with Gasteiger partial charge in [-0.15, -0.1) is 0 Å². The molecular weight excluding hydrogens is 233 g/mol. The predicted octanol–water partition coefficient (Wildman–Crippen LogP) is 3.12. The molecular formula is C11H15Cl2NO. The third kappa shape index (κ3) is 2.22. The molecule has 84 valence electrons. The fourth-order valence-corrected chi connectivity index (χ4v) is 2.18. The van der Waals surface area contributed by atoms with Crippen LogP contribution < -0.4 is 10.5 Å². The molecule has 0 aliphatic rings. The summed E-state index contributed by atoms with van der Waals surface area (Å²) in [5.74, 6) is 0.696. The van der Waals surface area contributed by atoms with E-state index in [9.17, 15) is 0 Å². The summed E-state index contributed by atoms with van der Waals surface area (Å²) in [6, 6.07) is 0. The summed E-state index contributed by atoms with van der Waals surface area (Å²) in [6.07, 6.45) is 0.717. The lowest BCUT2D eigenvalue weighted by molar-refractivity contribution is 0.409. The molecule has 0 amide bonds. The third-order valence-electron chi connectivity index (χ3n) is 2.51. The number of ether oxygens (including phenoxy) is 1. The zero-order valence-electron chi connectivity index (χ0n) is 9.16. The number of benzene rings is 1. The first-order valence-electron chi connectivity index (χ1n) is 4.75. The smallest absolute Gasteiger partial charge is 0.141 e. The molecule has 0 unspecified atom stereocenters. The molecule has 4 heteroatoms. The highest BCUT2D eigenvalue weighted by atomic mass is 35.5. The van der Waals surface area contributed by atoms with Crippen molar-refractivity contribution in [1.82, 2.24) is 0 Å². The zero-order chi connectivity index (χ0) is 11.6. The predicted molar refractivity (Wildman–Crippen MR) is 65.2 cm³/mol. The lowest BCUT2D eigenvalue weighted by atomic mass is 10.0. The van der Waals surface area contributed by atoms with E-state index < -0.39 is 0 Å². The molecule has 0 fully saturated rings. The van der Waals surface area contributed by atoms with Crippen molar-refractivity contribution in [2.75, 3.05) is 13.7 Å². The molecule has 0 saturated carbocycles. The van der Waals surface area contributed by atoms with Gasteiger partial charge in [-0.05, 0) is 37.9 Å². The van der Waals surface area contributed by atoms with Crippen LogP contribution in [0, 0.1) is 13.8 Å². The molecule has 0 aliphatic carbocycles. The summed E-state index contributed by atoms with van der Waals surface area (Å²) in [7, 11) is 1.61. The van der Waals surface area contributed by atoms with Gasteiger partial charge in [-0.2, -0.15) is 0 Å². The van der Waals surface area contributed by atoms with Crippen molar-refractivity contribution in [2.24, 2.45) is 5.73 Å². The molecule has 1 rings (SSSR count). The minimum Gasteiger partial charge on any atom is -0.495 e. The summed E-state index contributed by atoms with van der Waals surface area (Å²) < 4.78 is 5.30. The van der Waals surface area contributed by atoms with Crippen molar-refractivity contribution < 1.29 is 4.74 Å². The molecule has 1 aromatic rings. The Morgan fingerprint density at radius 2 is 1.73 bits per heavy atom. The van der Waals surface area contributed by atoms with Crippen molar-refractivity contribution >= 4 is 23.2 Å². The first-order chi connectivity index (χ1) is 7.04. The Hall–Kier alpha value is -0.440. The Labute approximate surface area is 100 Å². The van der Waals surface area contributed by atoms with Gasteiger partial charge in [0.25, 0.3) is 0 Å². The van der Waals surface area contributed by atoms with Crippen molar-refractivity contribution in [1.29, 1.82) is 0 Å². The van der Waals surface area contributed by atoms with E-state index in [2.05, 4.69) is 0 Å². The molecule has 0 aliphatic heterocycles. The summed E-state index contributed by atoms with van der Waals surface area (Å²) in [5.41, 5.74) is 8.41. The number of halogens is 2. The summed E-state index contributed by atoms with van der Waals surface area (Å²) in [6.45, 7) is 4.39. The van der Waals surface area contributed by atoms with Crippen LogP contribution in [-0.2, 0) is 6.42 Å². The highest BCUT2D eigenvalue weighted by molar-refractivity contribution is 6.37. The summed E-state index contributed by atoms with van der Waals surface area (Å²) in [5, 5.41) is 1.28. The van der Waals surface area contributed by atoms with Gasteiger partial charge in [0.15, 0.2) is 0 Å². The van der Waals surface area contributed by atoms with Crippen LogP contribution in [0.4, 0.5) is 0 Å². The maximum absolute atomic E-state index is 6.17. The maximum atomic E-state index is 6.17. The van der Waals surface area contributed by atoms with Crippen LogP contribution >= 0.6 is 23.2 Å². The second-order valence-electron chi connectivity index (χ2n) is 3.43. The first-order valence-corrected chi connectivity index (χ1v) is 5.51. The number of hydrogen-bond acceptors (Lipinski definition) is 2. The van der Waals surface area contributed by atoms with Gasteiger partial charge < -0.3 is 10.5 Å². The van der Waals surface area contributed by atoms with Gasteiger partial charge in [-0.1, -0.05) is 23.2 Å². The van der Waals surface area contributed by atoms with E-state index in [-0.39, 0.29) is 0 Å². The van der Waals surface area contributed by atoms with Gasteiger partial charge in [-0.3, -0.25) is 0 Å². The molecule has 2 N–H and O–H groups in total. The molecule has 0 spiro atoms. The van der Waals surface area contributed by atoms with Crippen LogP contribution in [0.2, 0.25) is 10.0 Å². The average molecular weight is 248 g/mol. The molecule has 2 nitrogen and oxygen atoms in total. The molecule has 15 heavy (non-hydrogen) atoms. The number of methoxy groups -OCH3 is 1. The highest BCUT2D eigenvalue weighted by Gasteiger charge is 2.17. The van der Waals surface area contributed by atoms with Crippen molar-refractivity contribution in [3.63, 3.8) is 0 Å². The van der Waals surface area contributed by atoms with Crippen molar-refractivity contribution in [2.45, 2.75) is 20.3 Å².